The fraction of sp³-hybridized carbons (Fsp3) is 0.471. The van der Waals surface area contributed by atoms with Crippen molar-refractivity contribution in [2.75, 3.05) is 13.1 Å². The molecule has 1 saturated heterocycles. The molecule has 3 nitrogen and oxygen atoms in total. The lowest BCUT2D eigenvalue weighted by Gasteiger charge is -2.35. The largest absolute Gasteiger partial charge is 0.352 e. The Morgan fingerprint density at radius 2 is 2.05 bits per heavy atom. The lowest BCUT2D eigenvalue weighted by Crippen LogP contribution is -2.42. The van der Waals surface area contributed by atoms with Gasteiger partial charge in [-0.2, -0.15) is 0 Å². The summed E-state index contributed by atoms with van der Waals surface area (Å²) in [6, 6.07) is 6.45. The molecule has 0 radical (unpaired) electrons. The molecule has 21 heavy (non-hydrogen) atoms. The Hall–Kier alpha value is -1.68. The van der Waals surface area contributed by atoms with Crippen molar-refractivity contribution in [1.82, 2.24) is 10.3 Å². The molecule has 0 saturated carbocycles. The molecule has 0 aliphatic carbocycles. The number of nitrogens with one attached hydrogen (secondary N) is 2. The first kappa shape index (κ1) is 14.3. The van der Waals surface area contributed by atoms with Crippen LogP contribution in [0, 0.1) is 11.2 Å². The van der Waals surface area contributed by atoms with Gasteiger partial charge in [-0.25, -0.2) is 4.39 Å². The molecule has 1 fully saturated rings. The van der Waals surface area contributed by atoms with Gasteiger partial charge in [0.25, 0.3) is 0 Å². The van der Waals surface area contributed by atoms with Gasteiger partial charge in [-0.3, -0.25) is 4.79 Å². The molecule has 1 aliphatic rings. The van der Waals surface area contributed by atoms with Crippen LogP contribution in [0.2, 0.25) is 0 Å². The third kappa shape index (κ3) is 2.60. The predicted octanol–water partition coefficient (Wildman–Crippen LogP) is 3.66. The molecular weight excluding hydrogens is 267 g/mol. The van der Waals surface area contributed by atoms with Crippen LogP contribution < -0.4 is 5.32 Å². The molecule has 0 bridgehead atoms. The SMILES string of the molecule is CCCC1(C(=O)c2cc3ccc(F)cc3[nH]2)CCNCC1. The maximum Gasteiger partial charge on any atom is 0.185 e. The van der Waals surface area contributed by atoms with Gasteiger partial charge in [0, 0.05) is 16.3 Å². The lowest BCUT2D eigenvalue weighted by atomic mass is 9.71. The maximum absolute atomic E-state index is 13.3. The molecule has 4 heteroatoms. The van der Waals surface area contributed by atoms with E-state index in [-0.39, 0.29) is 17.0 Å². The van der Waals surface area contributed by atoms with Crippen LogP contribution in [0.5, 0.6) is 0 Å². The lowest BCUT2D eigenvalue weighted by molar-refractivity contribution is 0.0699. The van der Waals surface area contributed by atoms with E-state index < -0.39 is 0 Å². The van der Waals surface area contributed by atoms with Crippen LogP contribution in [0.15, 0.2) is 24.3 Å². The van der Waals surface area contributed by atoms with E-state index in [0.717, 1.165) is 44.2 Å². The third-order valence-electron chi connectivity index (χ3n) is 4.60. The standard InChI is InChI=1S/C17H21FN2O/c1-2-5-17(6-8-19-9-7-17)16(21)15-10-12-3-4-13(18)11-14(12)20-15/h3-4,10-11,19-20H,2,5-9H2,1H3. The zero-order valence-electron chi connectivity index (χ0n) is 12.3. The topological polar surface area (TPSA) is 44.9 Å². The first-order chi connectivity index (χ1) is 10.1. The van der Waals surface area contributed by atoms with Crippen molar-refractivity contribution in [3.05, 3.63) is 35.8 Å². The zero-order chi connectivity index (χ0) is 14.9. The van der Waals surface area contributed by atoms with Crippen molar-refractivity contribution in [2.24, 2.45) is 5.41 Å². The predicted molar refractivity (Wildman–Crippen MR) is 82.0 cm³/mol. The molecule has 1 aromatic carbocycles. The number of hydrogen-bond acceptors (Lipinski definition) is 2. The first-order valence-corrected chi connectivity index (χ1v) is 7.68. The second kappa shape index (κ2) is 5.60. The van der Waals surface area contributed by atoms with Gasteiger partial charge in [0.05, 0.1) is 5.69 Å². The first-order valence-electron chi connectivity index (χ1n) is 7.68. The number of Topliss-reactive ketones (excluding diaryl/α,β-unsaturated/α-hetero) is 1. The minimum atomic E-state index is -0.284. The summed E-state index contributed by atoms with van der Waals surface area (Å²) in [5, 5.41) is 4.22. The summed E-state index contributed by atoms with van der Waals surface area (Å²) in [6.45, 7) is 3.90. The van der Waals surface area contributed by atoms with Gasteiger partial charge in [-0.1, -0.05) is 13.3 Å². The summed E-state index contributed by atoms with van der Waals surface area (Å²) in [6.07, 6.45) is 3.67. The number of aromatic nitrogens is 1. The molecule has 0 amide bonds. The van der Waals surface area contributed by atoms with Gasteiger partial charge in [-0.05, 0) is 56.6 Å². The van der Waals surface area contributed by atoms with Crippen LogP contribution in [-0.2, 0) is 0 Å². The molecule has 0 unspecified atom stereocenters. The minimum Gasteiger partial charge on any atom is -0.352 e. The molecule has 1 aromatic heterocycles. The van der Waals surface area contributed by atoms with Crippen molar-refractivity contribution in [1.29, 1.82) is 0 Å². The molecule has 2 aromatic rings. The number of hydrogen-bond donors (Lipinski definition) is 2. The third-order valence-corrected chi connectivity index (χ3v) is 4.60. The molecular formula is C17H21FN2O. The van der Waals surface area contributed by atoms with Gasteiger partial charge in [0.1, 0.15) is 5.82 Å². The molecule has 0 spiro atoms. The van der Waals surface area contributed by atoms with Gasteiger partial charge in [0.15, 0.2) is 5.78 Å². The monoisotopic (exact) mass is 288 g/mol. The van der Waals surface area contributed by atoms with Crippen molar-refractivity contribution in [2.45, 2.75) is 32.6 Å². The highest BCUT2D eigenvalue weighted by Crippen LogP contribution is 2.37. The minimum absolute atomic E-state index is 0.183. The van der Waals surface area contributed by atoms with Gasteiger partial charge in [-0.15, -0.1) is 0 Å². The number of piperidine rings is 1. The highest BCUT2D eigenvalue weighted by atomic mass is 19.1. The van der Waals surface area contributed by atoms with E-state index in [1.165, 1.54) is 12.1 Å². The van der Waals surface area contributed by atoms with Crippen LogP contribution in [0.3, 0.4) is 0 Å². The van der Waals surface area contributed by atoms with E-state index in [4.69, 9.17) is 0 Å². The van der Waals surface area contributed by atoms with E-state index in [0.29, 0.717) is 11.2 Å². The highest BCUT2D eigenvalue weighted by Gasteiger charge is 2.39. The number of aromatic amines is 1. The summed E-state index contributed by atoms with van der Waals surface area (Å²) < 4.78 is 13.3. The van der Waals surface area contributed by atoms with E-state index in [2.05, 4.69) is 17.2 Å². The van der Waals surface area contributed by atoms with Crippen molar-refractivity contribution >= 4 is 16.7 Å². The molecule has 2 heterocycles. The number of carbonyl (C=O) groups is 1. The normalized spacial score (nSPS) is 18.0. The highest BCUT2D eigenvalue weighted by molar-refractivity contribution is 6.02. The van der Waals surface area contributed by atoms with Crippen LogP contribution in [0.4, 0.5) is 4.39 Å². The number of H-pyrrole nitrogens is 1. The fourth-order valence-corrected chi connectivity index (χ4v) is 3.48. The molecule has 0 atom stereocenters. The molecule has 3 rings (SSSR count). The molecule has 2 N–H and O–H groups in total. The Morgan fingerprint density at radius 3 is 2.76 bits per heavy atom. The summed E-state index contributed by atoms with van der Waals surface area (Å²) in [4.78, 5) is 16.1. The Morgan fingerprint density at radius 1 is 1.29 bits per heavy atom. The summed E-state index contributed by atoms with van der Waals surface area (Å²) in [5.74, 6) is -0.101. The maximum atomic E-state index is 13.3. The van der Waals surface area contributed by atoms with Crippen molar-refractivity contribution < 1.29 is 9.18 Å². The Labute approximate surface area is 123 Å². The fourth-order valence-electron chi connectivity index (χ4n) is 3.48. The number of ketones is 1. The van der Waals surface area contributed by atoms with E-state index in [9.17, 15) is 9.18 Å². The number of benzene rings is 1. The average Bonchev–Trinajstić information content (AvgIpc) is 2.90. The smallest absolute Gasteiger partial charge is 0.185 e. The Balaban J connectivity index is 1.97. The number of halogens is 1. The van der Waals surface area contributed by atoms with Crippen LogP contribution in [0.25, 0.3) is 10.9 Å². The van der Waals surface area contributed by atoms with E-state index in [1.54, 1.807) is 6.07 Å². The summed E-state index contributed by atoms with van der Waals surface area (Å²) in [7, 11) is 0. The molecule has 1 aliphatic heterocycles. The number of carbonyl (C=O) groups excluding carboxylic acids is 1. The Bertz CT molecular complexity index is 650. The quantitative estimate of drug-likeness (QED) is 0.843. The second-order valence-corrected chi connectivity index (χ2v) is 6.02. The summed E-state index contributed by atoms with van der Waals surface area (Å²) >= 11 is 0. The average molecular weight is 288 g/mol. The number of rotatable bonds is 4. The van der Waals surface area contributed by atoms with Gasteiger partial charge >= 0.3 is 0 Å². The van der Waals surface area contributed by atoms with Crippen LogP contribution in [0.1, 0.15) is 43.1 Å². The van der Waals surface area contributed by atoms with Crippen LogP contribution in [-0.4, -0.2) is 23.9 Å². The van der Waals surface area contributed by atoms with Crippen molar-refractivity contribution in [3.63, 3.8) is 0 Å². The van der Waals surface area contributed by atoms with Gasteiger partial charge in [0.2, 0.25) is 0 Å². The Kier molecular flexibility index (Phi) is 3.81. The van der Waals surface area contributed by atoms with Crippen LogP contribution >= 0.6 is 0 Å². The van der Waals surface area contributed by atoms with Crippen molar-refractivity contribution in [3.8, 4) is 0 Å². The van der Waals surface area contributed by atoms with E-state index >= 15 is 0 Å². The summed E-state index contributed by atoms with van der Waals surface area (Å²) in [5.41, 5.74) is 1.05. The second-order valence-electron chi connectivity index (χ2n) is 6.02. The molecule has 112 valence electrons. The van der Waals surface area contributed by atoms with E-state index in [1.807, 2.05) is 6.07 Å². The zero-order valence-corrected chi connectivity index (χ0v) is 12.3. The number of fused-ring (bicyclic) bond motifs is 1. The van der Waals surface area contributed by atoms with Gasteiger partial charge < -0.3 is 10.3 Å².